The first-order valence-electron chi connectivity index (χ1n) is 8.86. The molecule has 0 atom stereocenters. The molecule has 7 heteroatoms. The Morgan fingerprint density at radius 3 is 2.65 bits per heavy atom. The van der Waals surface area contributed by atoms with Gasteiger partial charge in [-0.05, 0) is 44.7 Å². The Bertz CT molecular complexity index is 782. The van der Waals surface area contributed by atoms with Crippen LogP contribution in [0.1, 0.15) is 17.4 Å². The second kappa shape index (κ2) is 8.05. The van der Waals surface area contributed by atoms with Crippen LogP contribution in [0.25, 0.3) is 11.3 Å². The first kappa shape index (κ1) is 18.7. The standard InChI is InChI=1S/C19H25N3O3S/c1-4-25-15-6-5-14(11-13(15)2)18-16(12-17(23)24)26-19(20-18)22-9-7-21(3)8-10-22/h5-6,11H,4,7-10,12H2,1-3H3,(H,23,24). The van der Waals surface area contributed by atoms with Crippen molar-refractivity contribution in [1.29, 1.82) is 0 Å². The highest BCUT2D eigenvalue weighted by Crippen LogP contribution is 2.35. The topological polar surface area (TPSA) is 65.9 Å². The van der Waals surface area contributed by atoms with Crippen LogP contribution in [-0.4, -0.2) is 60.8 Å². The summed E-state index contributed by atoms with van der Waals surface area (Å²) >= 11 is 1.49. The SMILES string of the molecule is CCOc1ccc(-c2nc(N3CCN(C)CC3)sc2CC(=O)O)cc1C. The minimum Gasteiger partial charge on any atom is -0.494 e. The number of benzene rings is 1. The number of thiazole rings is 1. The van der Waals surface area contributed by atoms with Crippen molar-refractivity contribution in [3.05, 3.63) is 28.6 Å². The average Bonchev–Trinajstić information content (AvgIpc) is 3.00. The average molecular weight is 375 g/mol. The maximum Gasteiger partial charge on any atom is 0.308 e. The lowest BCUT2D eigenvalue weighted by Gasteiger charge is -2.32. The molecule has 1 N–H and O–H groups in total. The summed E-state index contributed by atoms with van der Waals surface area (Å²) in [5.41, 5.74) is 2.75. The van der Waals surface area contributed by atoms with Crippen LogP contribution in [0.15, 0.2) is 18.2 Å². The van der Waals surface area contributed by atoms with E-state index < -0.39 is 5.97 Å². The maximum atomic E-state index is 11.3. The normalized spacial score (nSPS) is 15.3. The molecule has 26 heavy (non-hydrogen) atoms. The van der Waals surface area contributed by atoms with Crippen molar-refractivity contribution < 1.29 is 14.6 Å². The van der Waals surface area contributed by atoms with Crippen LogP contribution in [0.4, 0.5) is 5.13 Å². The largest absolute Gasteiger partial charge is 0.494 e. The number of likely N-dealkylation sites (N-methyl/N-ethyl adjacent to an activating group) is 1. The predicted molar refractivity (Wildman–Crippen MR) is 105 cm³/mol. The van der Waals surface area contributed by atoms with Crippen LogP contribution < -0.4 is 9.64 Å². The van der Waals surface area contributed by atoms with Gasteiger partial charge in [-0.15, -0.1) is 11.3 Å². The van der Waals surface area contributed by atoms with Crippen molar-refractivity contribution in [2.24, 2.45) is 0 Å². The Morgan fingerprint density at radius 1 is 1.31 bits per heavy atom. The molecule has 1 aliphatic heterocycles. The van der Waals surface area contributed by atoms with Gasteiger partial charge in [0, 0.05) is 36.6 Å². The van der Waals surface area contributed by atoms with E-state index in [1.807, 2.05) is 32.0 Å². The van der Waals surface area contributed by atoms with E-state index >= 15 is 0 Å². The maximum absolute atomic E-state index is 11.3. The minimum atomic E-state index is -0.831. The summed E-state index contributed by atoms with van der Waals surface area (Å²) in [4.78, 5) is 21.5. The zero-order chi connectivity index (χ0) is 18.7. The zero-order valence-electron chi connectivity index (χ0n) is 15.5. The van der Waals surface area contributed by atoms with Crippen LogP contribution >= 0.6 is 11.3 Å². The van der Waals surface area contributed by atoms with E-state index in [-0.39, 0.29) is 6.42 Å². The smallest absolute Gasteiger partial charge is 0.308 e. The lowest BCUT2D eigenvalue weighted by atomic mass is 10.1. The number of hydrogen-bond acceptors (Lipinski definition) is 6. The number of carboxylic acid groups (broad SMARTS) is 1. The molecule has 1 aromatic heterocycles. The highest BCUT2D eigenvalue weighted by atomic mass is 32.1. The lowest BCUT2D eigenvalue weighted by molar-refractivity contribution is -0.136. The van der Waals surface area contributed by atoms with E-state index in [9.17, 15) is 9.90 Å². The van der Waals surface area contributed by atoms with E-state index in [0.717, 1.165) is 58.8 Å². The fraction of sp³-hybridized carbons (Fsp3) is 0.474. The number of rotatable bonds is 6. The van der Waals surface area contributed by atoms with Crippen molar-refractivity contribution in [1.82, 2.24) is 9.88 Å². The molecule has 0 aliphatic carbocycles. The van der Waals surface area contributed by atoms with E-state index in [0.29, 0.717) is 6.61 Å². The Hall–Kier alpha value is -2.12. The quantitative estimate of drug-likeness (QED) is 0.837. The Labute approximate surface area is 158 Å². The van der Waals surface area contributed by atoms with E-state index in [4.69, 9.17) is 9.72 Å². The van der Waals surface area contributed by atoms with Crippen molar-refractivity contribution in [2.75, 3.05) is 44.7 Å². The highest BCUT2D eigenvalue weighted by Gasteiger charge is 2.22. The Morgan fingerprint density at radius 2 is 2.04 bits per heavy atom. The molecule has 1 fully saturated rings. The Balaban J connectivity index is 1.94. The second-order valence-corrected chi connectivity index (χ2v) is 7.60. The molecule has 0 radical (unpaired) electrons. The highest BCUT2D eigenvalue weighted by molar-refractivity contribution is 7.16. The first-order valence-corrected chi connectivity index (χ1v) is 9.68. The van der Waals surface area contributed by atoms with Gasteiger partial charge in [0.2, 0.25) is 0 Å². The number of carbonyl (C=O) groups is 1. The van der Waals surface area contributed by atoms with Gasteiger partial charge in [-0.2, -0.15) is 0 Å². The van der Waals surface area contributed by atoms with E-state index in [2.05, 4.69) is 16.8 Å². The van der Waals surface area contributed by atoms with Gasteiger partial charge in [-0.1, -0.05) is 0 Å². The number of aryl methyl sites for hydroxylation is 1. The van der Waals surface area contributed by atoms with Gasteiger partial charge in [0.05, 0.1) is 18.7 Å². The predicted octanol–water partition coefficient (Wildman–Crippen LogP) is 2.90. The number of aromatic nitrogens is 1. The number of carboxylic acids is 1. The molecule has 2 aromatic rings. The molecule has 140 valence electrons. The number of anilines is 1. The van der Waals surface area contributed by atoms with Gasteiger partial charge in [-0.25, -0.2) is 4.98 Å². The molecule has 3 rings (SSSR count). The molecule has 1 aromatic carbocycles. The van der Waals surface area contributed by atoms with Crippen LogP contribution in [0, 0.1) is 6.92 Å². The molecule has 6 nitrogen and oxygen atoms in total. The van der Waals surface area contributed by atoms with Crippen molar-refractivity contribution >= 4 is 22.4 Å². The van der Waals surface area contributed by atoms with E-state index in [1.54, 1.807) is 0 Å². The monoisotopic (exact) mass is 375 g/mol. The molecule has 0 amide bonds. The van der Waals surface area contributed by atoms with Gasteiger partial charge < -0.3 is 19.6 Å². The third-order valence-corrected chi connectivity index (χ3v) is 5.64. The summed E-state index contributed by atoms with van der Waals surface area (Å²) in [6.45, 7) is 8.39. The van der Waals surface area contributed by atoms with Gasteiger partial charge in [0.15, 0.2) is 5.13 Å². The third kappa shape index (κ3) is 4.16. The van der Waals surface area contributed by atoms with Crippen molar-refractivity contribution in [2.45, 2.75) is 20.3 Å². The van der Waals surface area contributed by atoms with Crippen LogP contribution in [0.3, 0.4) is 0 Å². The molecular weight excluding hydrogens is 350 g/mol. The molecule has 1 aliphatic rings. The van der Waals surface area contributed by atoms with Crippen LogP contribution in [0.5, 0.6) is 5.75 Å². The van der Waals surface area contributed by atoms with E-state index in [1.165, 1.54) is 11.3 Å². The summed E-state index contributed by atoms with van der Waals surface area (Å²) in [6.07, 6.45) is -0.00694. The molecule has 1 saturated heterocycles. The zero-order valence-corrected chi connectivity index (χ0v) is 16.3. The number of hydrogen-bond donors (Lipinski definition) is 1. The molecule has 2 heterocycles. The minimum absolute atomic E-state index is 0.00694. The van der Waals surface area contributed by atoms with Gasteiger partial charge in [-0.3, -0.25) is 4.79 Å². The number of ether oxygens (including phenoxy) is 1. The number of aliphatic carboxylic acids is 1. The second-order valence-electron chi connectivity index (χ2n) is 6.54. The number of piperazine rings is 1. The third-order valence-electron chi connectivity index (χ3n) is 4.52. The lowest BCUT2D eigenvalue weighted by Crippen LogP contribution is -2.44. The molecular formula is C19H25N3O3S. The molecule has 0 saturated carbocycles. The summed E-state index contributed by atoms with van der Waals surface area (Å²) in [6, 6.07) is 5.93. The van der Waals surface area contributed by atoms with Gasteiger partial charge in [0.25, 0.3) is 0 Å². The van der Waals surface area contributed by atoms with Crippen LogP contribution in [-0.2, 0) is 11.2 Å². The summed E-state index contributed by atoms with van der Waals surface area (Å²) < 4.78 is 5.61. The van der Waals surface area contributed by atoms with Gasteiger partial charge in [0.1, 0.15) is 5.75 Å². The number of nitrogens with zero attached hydrogens (tertiary/aromatic N) is 3. The molecule has 0 spiro atoms. The fourth-order valence-electron chi connectivity index (χ4n) is 3.07. The first-order chi connectivity index (χ1) is 12.5. The molecule has 0 unspecified atom stereocenters. The Kier molecular flexibility index (Phi) is 5.78. The van der Waals surface area contributed by atoms with Crippen LogP contribution in [0.2, 0.25) is 0 Å². The fourth-order valence-corrected chi connectivity index (χ4v) is 4.19. The summed E-state index contributed by atoms with van der Waals surface area (Å²) in [5.74, 6) is 0.0213. The molecule has 0 bridgehead atoms. The van der Waals surface area contributed by atoms with Crippen molar-refractivity contribution in [3.63, 3.8) is 0 Å². The summed E-state index contributed by atoms with van der Waals surface area (Å²) in [7, 11) is 2.11. The summed E-state index contributed by atoms with van der Waals surface area (Å²) in [5, 5.41) is 10.2. The van der Waals surface area contributed by atoms with Gasteiger partial charge >= 0.3 is 5.97 Å². The van der Waals surface area contributed by atoms with Crippen molar-refractivity contribution in [3.8, 4) is 17.0 Å².